The van der Waals surface area contributed by atoms with Crippen LogP contribution in [-0.4, -0.2) is 97.4 Å². The maximum absolute atomic E-state index is 12.5. The van der Waals surface area contributed by atoms with Gasteiger partial charge in [0.1, 0.15) is 11.8 Å². The Labute approximate surface area is 241 Å². The summed E-state index contributed by atoms with van der Waals surface area (Å²) in [5, 5.41) is 3.27. The van der Waals surface area contributed by atoms with E-state index in [-0.39, 0.29) is 17.6 Å². The van der Waals surface area contributed by atoms with Gasteiger partial charge in [0.05, 0.1) is 13.2 Å². The first-order valence-electron chi connectivity index (χ1n) is 14.6. The number of amides is 1. The van der Waals surface area contributed by atoms with Crippen LogP contribution in [0.3, 0.4) is 0 Å². The van der Waals surface area contributed by atoms with Crippen molar-refractivity contribution in [2.45, 2.75) is 31.4 Å². The van der Waals surface area contributed by atoms with Crippen LogP contribution >= 0.6 is 0 Å². The fourth-order valence-corrected chi connectivity index (χ4v) is 5.88. The summed E-state index contributed by atoms with van der Waals surface area (Å²) < 4.78 is 11.7. The molecule has 2 aromatic carbocycles. The minimum Gasteiger partial charge on any atom is -0.470 e. The number of primary amides is 1. The smallest absolute Gasteiger partial charge is 0.271 e. The molecule has 1 atom stereocenters. The van der Waals surface area contributed by atoms with E-state index in [1.54, 1.807) is 0 Å². The van der Waals surface area contributed by atoms with Gasteiger partial charge in [-0.05, 0) is 44.2 Å². The normalized spacial score (nSPS) is 20.7. The van der Waals surface area contributed by atoms with Gasteiger partial charge in [-0.25, -0.2) is 4.98 Å². The van der Waals surface area contributed by atoms with E-state index in [1.807, 2.05) is 42.5 Å². The molecule has 3 aliphatic rings. The second-order valence-corrected chi connectivity index (χ2v) is 11.1. The topological polar surface area (TPSA) is 109 Å². The molecule has 0 radical (unpaired) electrons. The molecular formula is C31H39N7O3. The minimum atomic E-state index is -0.659. The van der Waals surface area contributed by atoms with Crippen molar-refractivity contribution in [2.75, 3.05) is 69.7 Å². The van der Waals surface area contributed by atoms with Crippen molar-refractivity contribution in [3.8, 4) is 17.1 Å². The third kappa shape index (κ3) is 6.45. The van der Waals surface area contributed by atoms with Crippen molar-refractivity contribution in [3.63, 3.8) is 0 Å². The Morgan fingerprint density at radius 1 is 0.951 bits per heavy atom. The van der Waals surface area contributed by atoms with E-state index < -0.39 is 5.91 Å². The number of nitrogens with zero attached hydrogens (tertiary/aromatic N) is 5. The summed E-state index contributed by atoms with van der Waals surface area (Å²) in [7, 11) is 2.21. The van der Waals surface area contributed by atoms with E-state index >= 15 is 0 Å². The van der Waals surface area contributed by atoms with Gasteiger partial charge in [0.25, 0.3) is 5.91 Å². The zero-order valence-electron chi connectivity index (χ0n) is 23.7. The number of aromatic nitrogens is 2. The zero-order valence-corrected chi connectivity index (χ0v) is 23.7. The van der Waals surface area contributed by atoms with Crippen LogP contribution in [-0.2, 0) is 4.74 Å². The monoisotopic (exact) mass is 557 g/mol. The maximum atomic E-state index is 12.5. The summed E-state index contributed by atoms with van der Waals surface area (Å²) in [5.74, 6) is -0.0429. The fraction of sp³-hybridized carbons (Fsp3) is 0.452. The summed E-state index contributed by atoms with van der Waals surface area (Å²) in [6.45, 7) is 7.90. The van der Waals surface area contributed by atoms with Crippen molar-refractivity contribution in [1.82, 2.24) is 19.8 Å². The molecular weight excluding hydrogens is 518 g/mol. The molecule has 0 aliphatic carbocycles. The number of ether oxygens (including phenoxy) is 2. The summed E-state index contributed by atoms with van der Waals surface area (Å²) in [6.07, 6.45) is 3.01. The molecule has 3 saturated heterocycles. The van der Waals surface area contributed by atoms with E-state index in [2.05, 4.69) is 44.2 Å². The quantitative estimate of drug-likeness (QED) is 0.431. The molecule has 216 valence electrons. The molecule has 4 heterocycles. The lowest BCUT2D eigenvalue weighted by Gasteiger charge is -2.42. The molecule has 0 saturated carbocycles. The fourth-order valence-electron chi connectivity index (χ4n) is 5.88. The summed E-state index contributed by atoms with van der Waals surface area (Å²) in [4.78, 5) is 29.4. The molecule has 0 unspecified atom stereocenters. The van der Waals surface area contributed by atoms with Gasteiger partial charge in [-0.1, -0.05) is 30.3 Å². The van der Waals surface area contributed by atoms with Crippen LogP contribution in [0.25, 0.3) is 11.3 Å². The molecule has 41 heavy (non-hydrogen) atoms. The average molecular weight is 558 g/mol. The Kier molecular flexibility index (Phi) is 8.31. The average Bonchev–Trinajstić information content (AvgIpc) is 3.52. The number of hydrogen-bond acceptors (Lipinski definition) is 9. The van der Waals surface area contributed by atoms with Gasteiger partial charge in [0.2, 0.25) is 5.88 Å². The Bertz CT molecular complexity index is 1320. The molecule has 3 aromatic rings. The van der Waals surface area contributed by atoms with Crippen LogP contribution < -0.4 is 20.7 Å². The molecule has 3 aliphatic heterocycles. The van der Waals surface area contributed by atoms with Crippen LogP contribution in [0.5, 0.6) is 5.88 Å². The van der Waals surface area contributed by atoms with Crippen molar-refractivity contribution in [2.24, 2.45) is 5.73 Å². The minimum absolute atomic E-state index is 0.0638. The predicted octanol–water partition coefficient (Wildman–Crippen LogP) is 3.37. The maximum Gasteiger partial charge on any atom is 0.271 e. The van der Waals surface area contributed by atoms with E-state index in [4.69, 9.17) is 20.2 Å². The highest BCUT2D eigenvalue weighted by atomic mass is 16.5. The van der Waals surface area contributed by atoms with Crippen LogP contribution in [0.2, 0.25) is 0 Å². The Morgan fingerprint density at radius 3 is 2.34 bits per heavy atom. The van der Waals surface area contributed by atoms with Crippen molar-refractivity contribution in [1.29, 1.82) is 0 Å². The van der Waals surface area contributed by atoms with Gasteiger partial charge in [-0.3, -0.25) is 9.69 Å². The Hall–Kier alpha value is -3.73. The molecule has 1 aromatic heterocycles. The van der Waals surface area contributed by atoms with E-state index in [0.717, 1.165) is 43.9 Å². The number of hydrogen-bond donors (Lipinski definition) is 2. The largest absolute Gasteiger partial charge is 0.470 e. The molecule has 3 fully saturated rings. The highest BCUT2D eigenvalue weighted by Gasteiger charge is 2.27. The molecule has 10 nitrogen and oxygen atoms in total. The van der Waals surface area contributed by atoms with Gasteiger partial charge < -0.3 is 30.3 Å². The molecule has 10 heteroatoms. The SMILES string of the molecule is CN1CCN(C2CCN(c3ccc(Nc4nc(O[C@H]5CCOC5)c(-c5ccccc5)nc4C(N)=O)cc3)CC2)CC1. The third-order valence-electron chi connectivity index (χ3n) is 8.32. The molecule has 1 amide bonds. The lowest BCUT2D eigenvalue weighted by atomic mass is 10.0. The van der Waals surface area contributed by atoms with Gasteiger partial charge >= 0.3 is 0 Å². The van der Waals surface area contributed by atoms with E-state index in [0.29, 0.717) is 30.8 Å². The zero-order chi connectivity index (χ0) is 28.2. The number of nitrogens with one attached hydrogen (secondary N) is 1. The molecule has 0 spiro atoms. The lowest BCUT2D eigenvalue weighted by molar-refractivity contribution is 0.0982. The highest BCUT2D eigenvalue weighted by molar-refractivity contribution is 5.97. The van der Waals surface area contributed by atoms with Gasteiger partial charge in [-0.2, -0.15) is 4.98 Å². The third-order valence-corrected chi connectivity index (χ3v) is 8.32. The number of benzene rings is 2. The number of rotatable bonds is 8. The number of piperazine rings is 1. The first-order valence-corrected chi connectivity index (χ1v) is 14.6. The molecule has 3 N–H and O–H groups in total. The predicted molar refractivity (Wildman–Crippen MR) is 160 cm³/mol. The van der Waals surface area contributed by atoms with Crippen LogP contribution in [0.1, 0.15) is 29.8 Å². The number of likely N-dealkylation sites (N-methyl/N-ethyl adjacent to an activating group) is 1. The second kappa shape index (κ2) is 12.4. The summed E-state index contributed by atoms with van der Waals surface area (Å²) >= 11 is 0. The molecule has 6 rings (SSSR count). The van der Waals surface area contributed by atoms with Gasteiger partial charge in [0.15, 0.2) is 11.5 Å². The van der Waals surface area contributed by atoms with E-state index in [1.165, 1.54) is 31.6 Å². The summed E-state index contributed by atoms with van der Waals surface area (Å²) in [6, 6.07) is 18.5. The molecule has 0 bridgehead atoms. The highest BCUT2D eigenvalue weighted by Crippen LogP contribution is 2.32. The second-order valence-electron chi connectivity index (χ2n) is 11.1. The number of nitrogens with two attached hydrogens (primary N) is 1. The van der Waals surface area contributed by atoms with Crippen LogP contribution in [0.15, 0.2) is 54.6 Å². The number of carbonyl (C=O) groups is 1. The Morgan fingerprint density at radius 2 is 1.68 bits per heavy atom. The van der Waals surface area contributed by atoms with Crippen molar-refractivity contribution >= 4 is 23.1 Å². The van der Waals surface area contributed by atoms with Crippen LogP contribution in [0.4, 0.5) is 17.2 Å². The van der Waals surface area contributed by atoms with Gasteiger partial charge in [0, 0.05) is 68.7 Å². The number of anilines is 3. The van der Waals surface area contributed by atoms with Crippen LogP contribution in [0, 0.1) is 0 Å². The Balaban J connectivity index is 1.18. The number of piperidine rings is 1. The first-order chi connectivity index (χ1) is 20.0. The number of carbonyl (C=O) groups excluding carboxylic acids is 1. The lowest BCUT2D eigenvalue weighted by Crippen LogP contribution is -2.52. The van der Waals surface area contributed by atoms with Crippen molar-refractivity contribution in [3.05, 3.63) is 60.3 Å². The summed E-state index contributed by atoms with van der Waals surface area (Å²) in [5.41, 5.74) is 9.09. The van der Waals surface area contributed by atoms with E-state index in [9.17, 15) is 4.79 Å². The first kappa shape index (κ1) is 27.4. The van der Waals surface area contributed by atoms with Gasteiger partial charge in [-0.15, -0.1) is 0 Å². The van der Waals surface area contributed by atoms with Crippen molar-refractivity contribution < 1.29 is 14.3 Å². The standard InChI is InChI=1S/C31H39N7O3/c1-36-16-18-38(19-17-36)25-11-14-37(15-12-25)24-9-7-23(8-10-24)33-30-28(29(32)39)34-27(22-5-3-2-4-6-22)31(35-30)41-26-13-20-40-21-26/h2-10,25-26H,11-21H2,1H3,(H2,32,39)(H,33,35)/t26-/m0/s1.